The normalized spacial score (nSPS) is 15.9. The Morgan fingerprint density at radius 2 is 1.76 bits per heavy atom. The van der Waals surface area contributed by atoms with Gasteiger partial charge in [-0.3, -0.25) is 28.8 Å². The number of non-ortho nitro benzene ring substituents is 1. The molecule has 1 aliphatic carbocycles. The van der Waals surface area contributed by atoms with Crippen LogP contribution in [0.2, 0.25) is 0 Å². The third kappa shape index (κ3) is 2.95. The van der Waals surface area contributed by atoms with Crippen molar-refractivity contribution in [3.63, 3.8) is 0 Å². The molecule has 0 fully saturated rings. The highest BCUT2D eigenvalue weighted by atomic mass is 16.6. The maximum absolute atomic E-state index is 13.4. The lowest BCUT2D eigenvalue weighted by molar-refractivity contribution is -0.384. The van der Waals surface area contributed by atoms with Crippen molar-refractivity contribution >= 4 is 28.9 Å². The number of nitrogens with zero attached hydrogens (tertiary/aromatic N) is 4. The van der Waals surface area contributed by atoms with Crippen LogP contribution in [-0.2, 0) is 23.6 Å². The second kappa shape index (κ2) is 7.48. The van der Waals surface area contributed by atoms with Crippen molar-refractivity contribution in [1.82, 2.24) is 9.13 Å². The number of hydrogen-bond acceptors (Lipinski definition) is 7. The van der Waals surface area contributed by atoms with Crippen LogP contribution in [0.1, 0.15) is 35.1 Å². The molecule has 1 aliphatic heterocycles. The number of benzene rings is 2. The fourth-order valence-electron chi connectivity index (χ4n) is 4.58. The molecular weight excluding hydrogens is 440 g/mol. The molecule has 0 N–H and O–H groups in total. The highest BCUT2D eigenvalue weighted by Gasteiger charge is 2.42. The number of nitro benzene ring substituents is 1. The van der Waals surface area contributed by atoms with E-state index in [0.29, 0.717) is 28.0 Å². The largest absolute Gasteiger partial charge is 0.426 e. The molecule has 1 atom stereocenters. The lowest BCUT2D eigenvalue weighted by atomic mass is 9.81. The molecule has 34 heavy (non-hydrogen) atoms. The van der Waals surface area contributed by atoms with Gasteiger partial charge in [0.05, 0.1) is 16.2 Å². The van der Waals surface area contributed by atoms with Crippen LogP contribution in [0.5, 0.6) is 0 Å². The summed E-state index contributed by atoms with van der Waals surface area (Å²) in [5.41, 5.74) is 1.48. The molecule has 5 rings (SSSR count). The van der Waals surface area contributed by atoms with Gasteiger partial charge in [-0.05, 0) is 5.56 Å². The summed E-state index contributed by atoms with van der Waals surface area (Å²) in [5.74, 6) is -1.03. The smallest absolute Gasteiger partial charge is 0.332 e. The molecule has 0 amide bonds. The van der Waals surface area contributed by atoms with Crippen molar-refractivity contribution in [2.45, 2.75) is 12.8 Å². The summed E-state index contributed by atoms with van der Waals surface area (Å²) in [4.78, 5) is 53.8. The number of carbonyl (C=O) groups excluding carboxylic acids is 1. The number of aliphatic imine (C=N–C) groups is 1. The molecule has 0 unspecified atom stereocenters. The monoisotopic (exact) mass is 458 g/mol. The Hall–Kier alpha value is -4.60. The van der Waals surface area contributed by atoms with Gasteiger partial charge in [0.1, 0.15) is 11.6 Å². The predicted molar refractivity (Wildman–Crippen MR) is 123 cm³/mol. The van der Waals surface area contributed by atoms with E-state index >= 15 is 0 Å². The Balaban J connectivity index is 1.95. The molecule has 0 bridgehead atoms. The number of fused-ring (bicyclic) bond motifs is 4. The maximum atomic E-state index is 13.4. The number of esters is 1. The van der Waals surface area contributed by atoms with E-state index in [1.165, 1.54) is 43.8 Å². The first-order chi connectivity index (χ1) is 16.2. The summed E-state index contributed by atoms with van der Waals surface area (Å²) in [5, 5.41) is 11.5. The van der Waals surface area contributed by atoms with Gasteiger partial charge in [0, 0.05) is 55.8 Å². The molecule has 2 aromatic carbocycles. The van der Waals surface area contributed by atoms with Crippen molar-refractivity contribution < 1.29 is 14.5 Å². The number of aromatic nitrogens is 2. The van der Waals surface area contributed by atoms with Gasteiger partial charge in [-0.1, -0.05) is 36.4 Å². The first kappa shape index (κ1) is 21.3. The highest BCUT2D eigenvalue weighted by molar-refractivity contribution is 6.25. The lowest BCUT2D eigenvalue weighted by Gasteiger charge is -2.27. The Bertz CT molecular complexity index is 1610. The minimum atomic E-state index is -0.866. The standard InChI is InChI=1S/C24H18N4O6/c1-12(29)34-21-16-10-5-4-9-15(16)20-18(21)17(13-7-6-8-14(11-13)28(32)33)19-22(25-20)26(2)24(31)27(3)23(19)30/h4-11,17H,1-3H3/t17-/m1/s1. The molecule has 1 aromatic heterocycles. The van der Waals surface area contributed by atoms with E-state index in [0.717, 1.165) is 4.57 Å². The van der Waals surface area contributed by atoms with Gasteiger partial charge in [-0.25, -0.2) is 9.79 Å². The second-order valence-electron chi connectivity index (χ2n) is 8.07. The van der Waals surface area contributed by atoms with Gasteiger partial charge in [0.15, 0.2) is 0 Å². The average molecular weight is 458 g/mol. The van der Waals surface area contributed by atoms with Gasteiger partial charge in [0.25, 0.3) is 11.2 Å². The number of rotatable bonds is 3. The summed E-state index contributed by atoms with van der Waals surface area (Å²) in [6, 6.07) is 13.1. The Kier molecular flexibility index (Phi) is 4.67. The van der Waals surface area contributed by atoms with Crippen molar-refractivity contribution in [3.05, 3.63) is 107 Å². The first-order valence-corrected chi connectivity index (χ1v) is 10.4. The zero-order valence-electron chi connectivity index (χ0n) is 18.4. The van der Waals surface area contributed by atoms with Gasteiger partial charge < -0.3 is 4.74 Å². The quantitative estimate of drug-likeness (QED) is 0.337. The topological polar surface area (TPSA) is 126 Å². The van der Waals surface area contributed by atoms with Gasteiger partial charge in [-0.2, -0.15) is 0 Å². The Morgan fingerprint density at radius 1 is 1.06 bits per heavy atom. The third-order valence-corrected chi connectivity index (χ3v) is 6.05. The lowest BCUT2D eigenvalue weighted by Crippen LogP contribution is -2.41. The van der Waals surface area contributed by atoms with Crippen LogP contribution in [0.15, 0.2) is 68.7 Å². The van der Waals surface area contributed by atoms with Crippen LogP contribution in [0, 0.1) is 10.1 Å². The summed E-state index contributed by atoms with van der Waals surface area (Å²) in [7, 11) is 2.87. The third-order valence-electron chi connectivity index (χ3n) is 6.05. The van der Waals surface area contributed by atoms with Crippen LogP contribution in [0.25, 0.3) is 5.76 Å². The fraction of sp³-hybridized carbons (Fsp3) is 0.167. The molecule has 0 spiro atoms. The molecule has 2 aliphatic rings. The molecule has 170 valence electrons. The van der Waals surface area contributed by atoms with E-state index in [-0.39, 0.29) is 22.8 Å². The van der Waals surface area contributed by atoms with E-state index in [4.69, 9.17) is 4.74 Å². The van der Waals surface area contributed by atoms with E-state index in [2.05, 4.69) is 4.99 Å². The van der Waals surface area contributed by atoms with E-state index in [1.807, 2.05) is 0 Å². The minimum absolute atomic E-state index is 0.155. The molecular formula is C24H18N4O6. The highest BCUT2D eigenvalue weighted by Crippen LogP contribution is 2.49. The summed E-state index contributed by atoms with van der Waals surface area (Å²) in [6.07, 6.45) is 0. The number of carbonyl (C=O) groups is 1. The van der Waals surface area contributed by atoms with Crippen LogP contribution < -0.4 is 11.2 Å². The summed E-state index contributed by atoms with van der Waals surface area (Å²) in [6.45, 7) is 1.27. The number of hydrogen-bond donors (Lipinski definition) is 0. The molecule has 10 heteroatoms. The summed E-state index contributed by atoms with van der Waals surface area (Å²) >= 11 is 0. The fourth-order valence-corrected chi connectivity index (χ4v) is 4.58. The molecule has 2 heterocycles. The molecule has 10 nitrogen and oxygen atoms in total. The summed E-state index contributed by atoms with van der Waals surface area (Å²) < 4.78 is 7.87. The van der Waals surface area contributed by atoms with Crippen LogP contribution in [-0.4, -0.2) is 25.7 Å². The maximum Gasteiger partial charge on any atom is 0.332 e. The Labute approximate surface area is 192 Å². The predicted octanol–water partition coefficient (Wildman–Crippen LogP) is 2.55. The molecule has 3 aromatic rings. The van der Waals surface area contributed by atoms with Gasteiger partial charge >= 0.3 is 11.7 Å². The van der Waals surface area contributed by atoms with Crippen molar-refractivity contribution in [2.24, 2.45) is 19.1 Å². The molecule has 0 saturated heterocycles. The van der Waals surface area contributed by atoms with Crippen molar-refractivity contribution in [3.8, 4) is 0 Å². The zero-order valence-corrected chi connectivity index (χ0v) is 18.4. The van der Waals surface area contributed by atoms with Gasteiger partial charge in [-0.15, -0.1) is 0 Å². The van der Waals surface area contributed by atoms with E-state index < -0.39 is 28.1 Å². The van der Waals surface area contributed by atoms with Gasteiger partial charge in [0.2, 0.25) is 0 Å². The van der Waals surface area contributed by atoms with Crippen molar-refractivity contribution in [2.75, 3.05) is 0 Å². The van der Waals surface area contributed by atoms with Crippen molar-refractivity contribution in [1.29, 1.82) is 0 Å². The SMILES string of the molecule is CC(=O)OC1=C2C(=Nc3c(c(=O)n(C)c(=O)n3C)[C@@H]2c2cccc([N+](=O)[O-])c2)c2ccccc21. The number of allylic oxidation sites excluding steroid dienone is 1. The minimum Gasteiger partial charge on any atom is -0.426 e. The molecule has 0 saturated carbocycles. The van der Waals surface area contributed by atoms with Crippen LogP contribution in [0.4, 0.5) is 11.5 Å². The zero-order chi connectivity index (χ0) is 24.3. The molecule has 0 radical (unpaired) electrons. The van der Waals surface area contributed by atoms with E-state index in [1.54, 1.807) is 30.3 Å². The number of ether oxygens (including phenoxy) is 1. The Morgan fingerprint density at radius 3 is 2.44 bits per heavy atom. The van der Waals surface area contributed by atoms with Crippen LogP contribution >= 0.6 is 0 Å². The average Bonchev–Trinajstić information content (AvgIpc) is 3.13. The first-order valence-electron chi connectivity index (χ1n) is 10.4. The van der Waals surface area contributed by atoms with Crippen LogP contribution in [0.3, 0.4) is 0 Å². The second-order valence-corrected chi connectivity index (χ2v) is 8.07. The van der Waals surface area contributed by atoms with E-state index in [9.17, 15) is 24.5 Å². The number of nitro groups is 1.